The van der Waals surface area contributed by atoms with Crippen molar-refractivity contribution in [3.8, 4) is 0 Å². The Bertz CT molecular complexity index is 418. The maximum absolute atomic E-state index is 10.8. The van der Waals surface area contributed by atoms with Gasteiger partial charge in [-0.25, -0.2) is 9.79 Å². The molecule has 1 aromatic carbocycles. The zero-order valence-electron chi connectivity index (χ0n) is 8.27. The summed E-state index contributed by atoms with van der Waals surface area (Å²) in [4.78, 5) is 14.8. The Morgan fingerprint density at radius 1 is 1.40 bits per heavy atom. The van der Waals surface area contributed by atoms with Gasteiger partial charge in [-0.3, -0.25) is 0 Å². The molecule has 1 aromatic rings. The molecular formula is C12H11NO2. The fraction of sp³-hybridized carbons (Fsp3) is 0.167. The number of hydrogen-bond donors (Lipinski definition) is 0. The molecular weight excluding hydrogens is 190 g/mol. The summed E-state index contributed by atoms with van der Waals surface area (Å²) >= 11 is 0. The van der Waals surface area contributed by atoms with Crippen LogP contribution in [0.4, 0.5) is 0 Å². The topological polar surface area (TPSA) is 38.7 Å². The fourth-order valence-corrected chi connectivity index (χ4v) is 1.41. The molecule has 1 aliphatic heterocycles. The number of benzene rings is 1. The van der Waals surface area contributed by atoms with Crippen LogP contribution in [0.15, 0.2) is 41.9 Å². The Morgan fingerprint density at radius 3 is 2.67 bits per heavy atom. The van der Waals surface area contributed by atoms with Crippen molar-refractivity contribution in [2.24, 2.45) is 4.99 Å². The lowest BCUT2D eigenvalue weighted by atomic mass is 10.1. The molecule has 3 nitrogen and oxygen atoms in total. The molecule has 0 aliphatic carbocycles. The van der Waals surface area contributed by atoms with Crippen molar-refractivity contribution in [1.29, 1.82) is 0 Å². The fourth-order valence-electron chi connectivity index (χ4n) is 1.41. The van der Waals surface area contributed by atoms with Crippen molar-refractivity contribution in [2.75, 3.05) is 6.54 Å². The molecule has 0 saturated carbocycles. The van der Waals surface area contributed by atoms with E-state index in [0.29, 0.717) is 5.90 Å². The predicted molar refractivity (Wildman–Crippen MR) is 57.8 cm³/mol. The molecule has 0 aromatic heterocycles. The zero-order chi connectivity index (χ0) is 10.7. The molecule has 0 N–H and O–H groups in total. The quantitative estimate of drug-likeness (QED) is 0.551. The van der Waals surface area contributed by atoms with E-state index < -0.39 is 0 Å². The SMILES string of the molecule is C=CCc1ccc(C2=NCC(=O)O2)cc1. The number of ether oxygens (including phenoxy) is 1. The summed E-state index contributed by atoms with van der Waals surface area (Å²) in [5.41, 5.74) is 2.02. The first-order valence-corrected chi connectivity index (χ1v) is 4.75. The molecule has 0 spiro atoms. The first-order valence-electron chi connectivity index (χ1n) is 4.75. The van der Waals surface area contributed by atoms with Crippen LogP contribution in [0.1, 0.15) is 11.1 Å². The summed E-state index contributed by atoms with van der Waals surface area (Å²) in [6.45, 7) is 3.80. The second kappa shape index (κ2) is 4.09. The molecule has 1 heterocycles. The minimum absolute atomic E-state index is 0.129. The van der Waals surface area contributed by atoms with Crippen molar-refractivity contribution >= 4 is 11.9 Å². The van der Waals surface area contributed by atoms with Crippen molar-refractivity contribution < 1.29 is 9.53 Å². The summed E-state index contributed by atoms with van der Waals surface area (Å²) in [6, 6.07) is 7.75. The van der Waals surface area contributed by atoms with Crippen molar-refractivity contribution in [3.05, 3.63) is 48.0 Å². The van der Waals surface area contributed by atoms with E-state index >= 15 is 0 Å². The minimum Gasteiger partial charge on any atom is -0.406 e. The molecule has 0 amide bonds. The number of aliphatic imine (C=N–C) groups is 1. The first kappa shape index (κ1) is 9.65. The van der Waals surface area contributed by atoms with E-state index in [2.05, 4.69) is 11.6 Å². The van der Waals surface area contributed by atoms with E-state index in [1.165, 1.54) is 5.56 Å². The van der Waals surface area contributed by atoms with Crippen molar-refractivity contribution in [2.45, 2.75) is 6.42 Å². The number of rotatable bonds is 3. The monoisotopic (exact) mass is 201 g/mol. The van der Waals surface area contributed by atoms with Gasteiger partial charge in [0.2, 0.25) is 5.90 Å². The molecule has 0 fully saturated rings. The van der Waals surface area contributed by atoms with Gasteiger partial charge in [-0.05, 0) is 24.1 Å². The third-order valence-corrected chi connectivity index (χ3v) is 2.14. The van der Waals surface area contributed by atoms with Crippen LogP contribution in [0, 0.1) is 0 Å². The van der Waals surface area contributed by atoms with Crippen LogP contribution in [-0.2, 0) is 16.0 Å². The summed E-state index contributed by atoms with van der Waals surface area (Å²) in [7, 11) is 0. The van der Waals surface area contributed by atoms with Gasteiger partial charge in [0.15, 0.2) is 0 Å². The number of nitrogens with zero attached hydrogens (tertiary/aromatic N) is 1. The van der Waals surface area contributed by atoms with Crippen LogP contribution in [0.2, 0.25) is 0 Å². The summed E-state index contributed by atoms with van der Waals surface area (Å²) in [5, 5.41) is 0. The van der Waals surface area contributed by atoms with Crippen molar-refractivity contribution in [3.63, 3.8) is 0 Å². The smallest absolute Gasteiger partial charge is 0.334 e. The Morgan fingerprint density at radius 2 is 2.13 bits per heavy atom. The van der Waals surface area contributed by atoms with Gasteiger partial charge in [0.25, 0.3) is 0 Å². The highest BCUT2D eigenvalue weighted by atomic mass is 16.6. The summed E-state index contributed by atoms with van der Waals surface area (Å²) < 4.78 is 4.94. The second-order valence-electron chi connectivity index (χ2n) is 3.29. The standard InChI is InChI=1S/C12H11NO2/c1-2-3-9-4-6-10(7-5-9)12-13-8-11(14)15-12/h2,4-7H,1,3,8H2. The molecule has 0 atom stereocenters. The summed E-state index contributed by atoms with van der Waals surface area (Å²) in [5.74, 6) is 0.130. The average molecular weight is 201 g/mol. The van der Waals surface area contributed by atoms with Gasteiger partial charge >= 0.3 is 5.97 Å². The molecule has 0 bridgehead atoms. The Kier molecular flexibility index (Phi) is 2.63. The third kappa shape index (κ3) is 2.13. The normalized spacial score (nSPS) is 14.7. The number of carbonyl (C=O) groups is 1. The van der Waals surface area contributed by atoms with Gasteiger partial charge < -0.3 is 4.74 Å². The van der Waals surface area contributed by atoms with Crippen LogP contribution in [0.25, 0.3) is 0 Å². The molecule has 15 heavy (non-hydrogen) atoms. The minimum atomic E-state index is -0.292. The predicted octanol–water partition coefficient (Wildman–Crippen LogP) is 1.72. The molecule has 0 saturated heterocycles. The highest BCUT2D eigenvalue weighted by molar-refractivity contribution is 6.04. The number of carbonyl (C=O) groups excluding carboxylic acids is 1. The van der Waals surface area contributed by atoms with Gasteiger partial charge in [0, 0.05) is 5.56 Å². The van der Waals surface area contributed by atoms with Crippen LogP contribution < -0.4 is 0 Å². The molecule has 2 rings (SSSR count). The number of cyclic esters (lactones) is 1. The molecule has 0 unspecified atom stereocenters. The lowest BCUT2D eigenvalue weighted by molar-refractivity contribution is -0.132. The lowest BCUT2D eigenvalue weighted by Gasteiger charge is -2.01. The first-order chi connectivity index (χ1) is 7.29. The number of hydrogen-bond acceptors (Lipinski definition) is 3. The van der Waals surface area contributed by atoms with E-state index in [1.54, 1.807) is 0 Å². The van der Waals surface area contributed by atoms with Crippen LogP contribution in [-0.4, -0.2) is 18.4 Å². The maximum atomic E-state index is 10.8. The van der Waals surface area contributed by atoms with E-state index in [1.807, 2.05) is 30.3 Å². The van der Waals surface area contributed by atoms with Crippen LogP contribution in [0.3, 0.4) is 0 Å². The van der Waals surface area contributed by atoms with Crippen LogP contribution in [0.5, 0.6) is 0 Å². The van der Waals surface area contributed by atoms with E-state index in [9.17, 15) is 4.79 Å². The largest absolute Gasteiger partial charge is 0.406 e. The summed E-state index contributed by atoms with van der Waals surface area (Å²) in [6.07, 6.45) is 2.69. The Balaban J connectivity index is 2.17. The van der Waals surface area contributed by atoms with Gasteiger partial charge in [0.1, 0.15) is 6.54 Å². The van der Waals surface area contributed by atoms with Crippen molar-refractivity contribution in [1.82, 2.24) is 0 Å². The van der Waals surface area contributed by atoms with E-state index in [4.69, 9.17) is 4.74 Å². The van der Waals surface area contributed by atoms with Gasteiger partial charge in [-0.2, -0.15) is 0 Å². The Labute approximate surface area is 88.1 Å². The van der Waals surface area contributed by atoms with Gasteiger partial charge in [0.05, 0.1) is 0 Å². The molecule has 1 aliphatic rings. The maximum Gasteiger partial charge on any atom is 0.334 e. The zero-order valence-corrected chi connectivity index (χ0v) is 8.27. The molecule has 76 valence electrons. The molecule has 0 radical (unpaired) electrons. The highest BCUT2D eigenvalue weighted by Gasteiger charge is 2.17. The average Bonchev–Trinajstić information content (AvgIpc) is 2.67. The lowest BCUT2D eigenvalue weighted by Crippen LogP contribution is -2.05. The van der Waals surface area contributed by atoms with E-state index in [0.717, 1.165) is 12.0 Å². The van der Waals surface area contributed by atoms with Gasteiger partial charge in [-0.1, -0.05) is 18.2 Å². The van der Waals surface area contributed by atoms with Crippen LogP contribution >= 0.6 is 0 Å². The number of allylic oxidation sites excluding steroid dienone is 1. The number of esters is 1. The molecule has 3 heteroatoms. The van der Waals surface area contributed by atoms with E-state index in [-0.39, 0.29) is 12.5 Å². The Hall–Kier alpha value is -1.90. The third-order valence-electron chi connectivity index (χ3n) is 2.14. The second-order valence-corrected chi connectivity index (χ2v) is 3.29. The van der Waals surface area contributed by atoms with Gasteiger partial charge in [-0.15, -0.1) is 6.58 Å². The highest BCUT2D eigenvalue weighted by Crippen LogP contribution is 2.10.